The van der Waals surface area contributed by atoms with Crippen LogP contribution < -0.4 is 5.73 Å². The predicted molar refractivity (Wildman–Crippen MR) is 172 cm³/mol. The van der Waals surface area contributed by atoms with E-state index in [0.717, 1.165) is 44.9 Å². The van der Waals surface area contributed by atoms with Gasteiger partial charge in [0.25, 0.3) is 0 Å². The molecule has 2 bridgehead atoms. The number of hydrogen-bond acceptors (Lipinski definition) is 8. The molecule has 1 aromatic rings. The highest BCUT2D eigenvalue weighted by atomic mass is 32.2. The van der Waals surface area contributed by atoms with Crippen LogP contribution in [0.1, 0.15) is 95.8 Å². The number of aromatic hydroxyl groups is 1. The quantitative estimate of drug-likeness (QED) is 0.220. The zero-order valence-electron chi connectivity index (χ0n) is 26.7. The molecule has 5 rings (SSSR count). The topological polar surface area (TPSA) is 147 Å². The zero-order valence-corrected chi connectivity index (χ0v) is 27.5. The summed E-state index contributed by atoms with van der Waals surface area (Å²) in [6, 6.07) is 6.04. The number of hydrogen-bond donors (Lipinski definition) is 4. The molecule has 2 unspecified atom stereocenters. The fraction of sp³-hybridized carbons (Fsp3) is 0.686. The lowest BCUT2D eigenvalue weighted by molar-refractivity contribution is -0.205. The molecule has 4 aliphatic rings. The zero-order chi connectivity index (χ0) is 32.4. The maximum Gasteiger partial charge on any atom is 0.339 e. The van der Waals surface area contributed by atoms with Gasteiger partial charge in [-0.05, 0) is 74.3 Å². The van der Waals surface area contributed by atoms with Crippen LogP contribution in [0.2, 0.25) is 0 Å². The molecule has 0 aliphatic heterocycles. The fourth-order valence-corrected chi connectivity index (χ4v) is 10.0. The number of carbonyl (C=O) groups excluding carboxylic acids is 2. The molecule has 4 aliphatic carbocycles. The van der Waals surface area contributed by atoms with Gasteiger partial charge in [0.2, 0.25) is 0 Å². The second-order valence-electron chi connectivity index (χ2n) is 14.2. The SMILES string of the molecule is C=C[C@]1(C)C[C@@H](OC(=O)CSC2CCCC(N)C2)[C@]2(C)[C@H](C)CC[C@]3(CCC(=O)[C@H]32)[C@@H](C)[C@@H]1O.O=C(O)c1ccccc1O. The Kier molecular flexibility index (Phi) is 10.6. The van der Waals surface area contributed by atoms with Gasteiger partial charge >= 0.3 is 11.9 Å². The van der Waals surface area contributed by atoms with E-state index < -0.39 is 29.0 Å². The lowest BCUT2D eigenvalue weighted by Gasteiger charge is -2.61. The number of carbonyl (C=O) groups is 3. The van der Waals surface area contributed by atoms with Crippen molar-refractivity contribution in [3.63, 3.8) is 0 Å². The van der Waals surface area contributed by atoms with Crippen LogP contribution in [0.3, 0.4) is 0 Å². The molecular formula is C35H51NO7S. The number of aliphatic hydroxyl groups is 1. The molecule has 244 valence electrons. The Bertz CT molecular complexity index is 1240. The molecule has 0 radical (unpaired) electrons. The number of ketones is 1. The van der Waals surface area contributed by atoms with E-state index in [1.54, 1.807) is 23.9 Å². The van der Waals surface area contributed by atoms with Crippen molar-refractivity contribution in [2.24, 2.45) is 39.7 Å². The third-order valence-electron chi connectivity index (χ3n) is 11.8. The Balaban J connectivity index is 0.000000375. The van der Waals surface area contributed by atoms with Crippen molar-refractivity contribution in [3.8, 4) is 5.75 Å². The fourth-order valence-electron chi connectivity index (χ4n) is 8.87. The average Bonchev–Trinajstić information content (AvgIpc) is 3.35. The highest BCUT2D eigenvalue weighted by Gasteiger charge is 2.68. The van der Waals surface area contributed by atoms with Gasteiger partial charge in [0.15, 0.2) is 0 Å². The van der Waals surface area contributed by atoms with E-state index >= 15 is 0 Å². The second-order valence-corrected chi connectivity index (χ2v) is 15.5. The van der Waals surface area contributed by atoms with Gasteiger partial charge in [-0.1, -0.05) is 52.3 Å². The smallest absolute Gasteiger partial charge is 0.339 e. The molecule has 0 spiro atoms. The summed E-state index contributed by atoms with van der Waals surface area (Å²) in [7, 11) is 0. The summed E-state index contributed by atoms with van der Waals surface area (Å²) >= 11 is 1.66. The first-order valence-electron chi connectivity index (χ1n) is 16.1. The van der Waals surface area contributed by atoms with Crippen LogP contribution in [-0.4, -0.2) is 62.3 Å². The van der Waals surface area contributed by atoms with Crippen LogP contribution in [0.15, 0.2) is 36.9 Å². The highest BCUT2D eigenvalue weighted by molar-refractivity contribution is 8.00. The van der Waals surface area contributed by atoms with Crippen LogP contribution in [0.5, 0.6) is 5.75 Å². The molecule has 0 saturated heterocycles. The number of para-hydroxylation sites is 1. The van der Waals surface area contributed by atoms with Crippen LogP contribution >= 0.6 is 11.8 Å². The van der Waals surface area contributed by atoms with Crippen molar-refractivity contribution in [2.75, 3.05) is 5.75 Å². The molecule has 1 aromatic carbocycles. The number of thioether (sulfide) groups is 1. The number of esters is 1. The molecule has 9 heteroatoms. The maximum absolute atomic E-state index is 13.5. The van der Waals surface area contributed by atoms with Crippen LogP contribution in [0.4, 0.5) is 0 Å². The van der Waals surface area contributed by atoms with Crippen molar-refractivity contribution < 1.29 is 34.4 Å². The molecule has 0 heterocycles. The molecule has 4 saturated carbocycles. The highest BCUT2D eigenvalue weighted by Crippen LogP contribution is 2.68. The first-order valence-corrected chi connectivity index (χ1v) is 17.2. The molecule has 4 fully saturated rings. The number of nitrogens with two attached hydrogens (primary N) is 1. The van der Waals surface area contributed by atoms with Crippen LogP contribution in [0, 0.1) is 34.0 Å². The third-order valence-corrected chi connectivity index (χ3v) is 13.1. The molecule has 5 N–H and O–H groups in total. The van der Waals surface area contributed by atoms with Crippen molar-refractivity contribution in [1.82, 2.24) is 0 Å². The van der Waals surface area contributed by atoms with E-state index in [1.165, 1.54) is 12.1 Å². The molecule has 0 amide bonds. The molecule has 44 heavy (non-hydrogen) atoms. The van der Waals surface area contributed by atoms with E-state index in [-0.39, 0.29) is 46.5 Å². The summed E-state index contributed by atoms with van der Waals surface area (Å²) in [5, 5.41) is 29.3. The van der Waals surface area contributed by atoms with Crippen molar-refractivity contribution in [3.05, 3.63) is 42.5 Å². The second kappa shape index (κ2) is 13.6. The number of phenols is 1. The summed E-state index contributed by atoms with van der Waals surface area (Å²) in [4.78, 5) is 36.9. The van der Waals surface area contributed by atoms with E-state index in [1.807, 2.05) is 13.0 Å². The van der Waals surface area contributed by atoms with Gasteiger partial charge in [-0.15, -0.1) is 18.3 Å². The van der Waals surface area contributed by atoms with E-state index in [0.29, 0.717) is 29.6 Å². The average molecular weight is 630 g/mol. The summed E-state index contributed by atoms with van der Waals surface area (Å²) in [6.45, 7) is 12.7. The lowest BCUT2D eigenvalue weighted by Crippen LogP contribution is -2.63. The van der Waals surface area contributed by atoms with Gasteiger partial charge in [0.1, 0.15) is 23.2 Å². The molecular weight excluding hydrogens is 578 g/mol. The minimum absolute atomic E-state index is 0.0125. The van der Waals surface area contributed by atoms with Gasteiger partial charge in [0.05, 0.1) is 11.9 Å². The number of aromatic carboxylic acids is 1. The summed E-state index contributed by atoms with van der Waals surface area (Å²) in [6.07, 6.45) is 8.85. The number of rotatable bonds is 6. The number of Topliss-reactive ketones (excluding diaryl/α,β-unsaturated/α-hetero) is 1. The molecule has 10 atom stereocenters. The Morgan fingerprint density at radius 1 is 1.16 bits per heavy atom. The van der Waals surface area contributed by atoms with Crippen molar-refractivity contribution in [1.29, 1.82) is 0 Å². The summed E-state index contributed by atoms with van der Waals surface area (Å²) < 4.78 is 6.34. The predicted octanol–water partition coefficient (Wildman–Crippen LogP) is 5.99. The van der Waals surface area contributed by atoms with Crippen LogP contribution in [0.25, 0.3) is 0 Å². The normalized spacial score (nSPS) is 40.0. The Hall–Kier alpha value is -2.36. The largest absolute Gasteiger partial charge is 0.507 e. The summed E-state index contributed by atoms with van der Waals surface area (Å²) in [5.41, 5.74) is 4.80. The number of carboxylic acid groups (broad SMARTS) is 1. The molecule has 8 nitrogen and oxygen atoms in total. The number of ether oxygens (including phenoxy) is 1. The maximum atomic E-state index is 13.5. The van der Waals surface area contributed by atoms with Gasteiger partial charge in [-0.25, -0.2) is 4.79 Å². The number of benzene rings is 1. The lowest BCUT2D eigenvalue weighted by atomic mass is 9.44. The standard InChI is InChI=1S/C28H45NO4S.C7H6O3/c1-6-26(4)15-22(33-23(31)16-34-20-9-7-8-19(29)14-20)27(5)17(2)10-12-28(18(3)25(26)32)13-11-21(30)24(27)28;8-6-4-2-1-3-5(6)7(9)10/h6,17-20,22,24-25,32H,1,7-16,29H2,2-5H3;1-4,8H,(H,9,10)/t17-,18+,19?,20?,22-,24+,25+,26-,27+,28+;/m1./s1. The number of aliphatic hydroxyl groups excluding tert-OH is 1. The van der Waals surface area contributed by atoms with E-state index in [9.17, 15) is 19.5 Å². The van der Waals surface area contributed by atoms with Gasteiger partial charge < -0.3 is 25.8 Å². The Morgan fingerprint density at radius 2 is 1.86 bits per heavy atom. The van der Waals surface area contributed by atoms with E-state index in [2.05, 4.69) is 27.4 Å². The minimum atomic E-state index is -1.11. The minimum Gasteiger partial charge on any atom is -0.507 e. The first kappa shape index (κ1) is 34.5. The van der Waals surface area contributed by atoms with Crippen molar-refractivity contribution in [2.45, 2.75) is 109 Å². The van der Waals surface area contributed by atoms with Gasteiger partial charge in [0, 0.05) is 34.5 Å². The monoisotopic (exact) mass is 629 g/mol. The van der Waals surface area contributed by atoms with Gasteiger partial charge in [-0.2, -0.15) is 0 Å². The van der Waals surface area contributed by atoms with Crippen molar-refractivity contribution >= 4 is 29.5 Å². The van der Waals surface area contributed by atoms with Gasteiger partial charge in [-0.3, -0.25) is 9.59 Å². The van der Waals surface area contributed by atoms with Crippen LogP contribution in [-0.2, 0) is 14.3 Å². The number of carboxylic acids is 1. The molecule has 0 aromatic heterocycles. The summed E-state index contributed by atoms with van der Waals surface area (Å²) in [5.74, 6) is -0.850. The van der Waals surface area contributed by atoms with E-state index in [4.69, 9.17) is 20.7 Å². The third kappa shape index (κ3) is 6.47. The first-order chi connectivity index (χ1) is 20.7. The Labute approximate surface area is 266 Å². The Morgan fingerprint density at radius 3 is 2.48 bits per heavy atom.